The third kappa shape index (κ3) is 2.19. The van der Waals surface area contributed by atoms with Gasteiger partial charge in [-0.1, -0.05) is 24.0 Å². The van der Waals surface area contributed by atoms with Gasteiger partial charge in [0.05, 0.1) is 9.88 Å². The van der Waals surface area contributed by atoms with Gasteiger partial charge in [-0.3, -0.25) is 0 Å². The normalized spacial score (nSPS) is 14.5. The highest BCUT2D eigenvalue weighted by molar-refractivity contribution is 9.15. The molecule has 1 aromatic heterocycles. The third-order valence-electron chi connectivity index (χ3n) is 1.69. The number of aromatic nitrogens is 1. The van der Waals surface area contributed by atoms with E-state index in [0.717, 1.165) is 19.9 Å². The number of hydrogen-bond donors (Lipinski definition) is 1. The Bertz CT molecular complexity index is 445. The molecule has 0 saturated carbocycles. The molecule has 13 heavy (non-hydrogen) atoms. The molecule has 0 fully saturated rings. The minimum Gasteiger partial charge on any atom is -0.375 e. The molecule has 0 unspecified atom stereocenters. The fraction of sp³-hybridized carbons (Fsp3) is 0.222. The fourth-order valence-corrected chi connectivity index (χ4v) is 2.33. The van der Waals surface area contributed by atoms with Crippen LogP contribution in [0.1, 0.15) is 13.8 Å². The van der Waals surface area contributed by atoms with Crippen molar-refractivity contribution in [2.75, 3.05) is 5.73 Å². The second kappa shape index (κ2) is 4.07. The van der Waals surface area contributed by atoms with Crippen molar-refractivity contribution in [3.05, 3.63) is 21.5 Å². The van der Waals surface area contributed by atoms with Gasteiger partial charge in [-0.05, 0) is 35.4 Å². The maximum atomic E-state index is 5.57. The van der Waals surface area contributed by atoms with Crippen molar-refractivity contribution in [2.24, 2.45) is 0 Å². The molecule has 4 heteroatoms. The lowest BCUT2D eigenvalue weighted by Gasteiger charge is -1.94. The summed E-state index contributed by atoms with van der Waals surface area (Å²) < 4.78 is 2.03. The van der Waals surface area contributed by atoms with E-state index < -0.39 is 0 Å². The predicted octanol–water partition coefficient (Wildman–Crippen LogP) is 1.60. The molecule has 2 N–H and O–H groups in total. The molecule has 0 radical (unpaired) electrons. The molecule has 0 spiro atoms. The molecule has 0 bridgehead atoms. The van der Waals surface area contributed by atoms with Crippen LogP contribution in [0.2, 0.25) is 0 Å². The summed E-state index contributed by atoms with van der Waals surface area (Å²) >= 11 is 4.94. The van der Waals surface area contributed by atoms with Gasteiger partial charge >= 0.3 is 0 Å². The number of nitrogens with zero attached hydrogens (tertiary/aromatic N) is 1. The fourth-order valence-electron chi connectivity index (χ4n) is 0.847. The van der Waals surface area contributed by atoms with Crippen LogP contribution in [0.15, 0.2) is 11.6 Å². The first-order valence-electron chi connectivity index (χ1n) is 3.80. The van der Waals surface area contributed by atoms with Gasteiger partial charge in [0.1, 0.15) is 0 Å². The molecular formula is C9H11BrN2S. The maximum absolute atomic E-state index is 5.57. The third-order valence-corrected chi connectivity index (χ3v) is 3.92. The summed E-state index contributed by atoms with van der Waals surface area (Å²) in [5.41, 5.74) is 6.73. The SMILES string of the molecule is C=c1nc(N)s/c1=C(Br)/C(C)=C\C. The van der Waals surface area contributed by atoms with E-state index in [1.165, 1.54) is 11.3 Å². The lowest BCUT2D eigenvalue weighted by atomic mass is 10.3. The first-order valence-corrected chi connectivity index (χ1v) is 5.41. The summed E-state index contributed by atoms with van der Waals surface area (Å²) in [6.07, 6.45) is 2.03. The minimum absolute atomic E-state index is 0.556. The molecule has 1 rings (SSSR count). The van der Waals surface area contributed by atoms with Crippen LogP contribution in [-0.4, -0.2) is 4.98 Å². The monoisotopic (exact) mass is 258 g/mol. The molecule has 1 heterocycles. The Morgan fingerprint density at radius 3 is 2.69 bits per heavy atom. The van der Waals surface area contributed by atoms with Crippen LogP contribution >= 0.6 is 27.3 Å². The number of anilines is 1. The number of hydrogen-bond acceptors (Lipinski definition) is 3. The molecule has 0 aliphatic carbocycles. The number of thiazole rings is 1. The number of rotatable bonds is 1. The molecule has 2 nitrogen and oxygen atoms in total. The highest BCUT2D eigenvalue weighted by Gasteiger charge is 2.00. The Morgan fingerprint density at radius 2 is 2.31 bits per heavy atom. The second-order valence-electron chi connectivity index (χ2n) is 2.61. The molecule has 0 aromatic carbocycles. The molecule has 0 atom stereocenters. The Kier molecular flexibility index (Phi) is 3.27. The van der Waals surface area contributed by atoms with E-state index in [1.54, 1.807) is 0 Å². The molecule has 0 aliphatic heterocycles. The van der Waals surface area contributed by atoms with Crippen LogP contribution in [0.5, 0.6) is 0 Å². The lowest BCUT2D eigenvalue weighted by Crippen LogP contribution is -2.20. The second-order valence-corrected chi connectivity index (χ2v) is 4.44. The number of allylic oxidation sites excluding steroid dienone is 2. The number of halogens is 1. The maximum Gasteiger partial charge on any atom is 0.181 e. The van der Waals surface area contributed by atoms with Crippen LogP contribution in [0.25, 0.3) is 11.1 Å². The van der Waals surface area contributed by atoms with E-state index >= 15 is 0 Å². The first-order chi connectivity index (χ1) is 6.06. The van der Waals surface area contributed by atoms with Crippen molar-refractivity contribution >= 4 is 43.5 Å². The zero-order valence-corrected chi connectivity index (χ0v) is 10.00. The largest absolute Gasteiger partial charge is 0.375 e. The lowest BCUT2D eigenvalue weighted by molar-refractivity contribution is 1.33. The van der Waals surface area contributed by atoms with Gasteiger partial charge in [-0.2, -0.15) is 0 Å². The number of nitrogen functional groups attached to an aromatic ring is 1. The quantitative estimate of drug-likeness (QED) is 0.832. The van der Waals surface area contributed by atoms with Gasteiger partial charge in [0.25, 0.3) is 0 Å². The van der Waals surface area contributed by atoms with Gasteiger partial charge in [0, 0.05) is 4.48 Å². The zero-order valence-electron chi connectivity index (χ0n) is 7.60. The minimum atomic E-state index is 0.556. The van der Waals surface area contributed by atoms with Gasteiger partial charge in [-0.15, -0.1) is 0 Å². The Balaban J connectivity index is 3.50. The highest BCUT2D eigenvalue weighted by Crippen LogP contribution is 2.16. The zero-order chi connectivity index (χ0) is 10.0. The van der Waals surface area contributed by atoms with E-state index in [9.17, 15) is 0 Å². The van der Waals surface area contributed by atoms with E-state index in [2.05, 4.69) is 27.5 Å². The molecule has 1 aromatic rings. The summed E-state index contributed by atoms with van der Waals surface area (Å²) in [4.78, 5) is 4.06. The van der Waals surface area contributed by atoms with Gasteiger partial charge in [-0.25, -0.2) is 4.98 Å². The first kappa shape index (κ1) is 10.5. The summed E-state index contributed by atoms with van der Waals surface area (Å²) in [6, 6.07) is 0. The summed E-state index contributed by atoms with van der Waals surface area (Å²) in [7, 11) is 0. The van der Waals surface area contributed by atoms with Crippen LogP contribution in [0.4, 0.5) is 5.13 Å². The van der Waals surface area contributed by atoms with Gasteiger partial charge in [0.15, 0.2) is 5.13 Å². The van der Waals surface area contributed by atoms with Crippen molar-refractivity contribution < 1.29 is 0 Å². The molecule has 70 valence electrons. The van der Waals surface area contributed by atoms with E-state index in [-0.39, 0.29) is 0 Å². The van der Waals surface area contributed by atoms with Crippen molar-refractivity contribution in [3.8, 4) is 0 Å². The summed E-state index contributed by atoms with van der Waals surface area (Å²) in [5, 5.41) is 1.29. The summed E-state index contributed by atoms with van der Waals surface area (Å²) in [5.74, 6) is 0. The van der Waals surface area contributed by atoms with Crippen molar-refractivity contribution in [1.29, 1.82) is 0 Å². The van der Waals surface area contributed by atoms with Crippen LogP contribution in [0.3, 0.4) is 0 Å². The van der Waals surface area contributed by atoms with E-state index in [0.29, 0.717) is 5.13 Å². The highest BCUT2D eigenvalue weighted by atomic mass is 79.9. The van der Waals surface area contributed by atoms with E-state index in [4.69, 9.17) is 5.73 Å². The topological polar surface area (TPSA) is 38.9 Å². The van der Waals surface area contributed by atoms with Gasteiger partial charge in [0.2, 0.25) is 0 Å². The smallest absolute Gasteiger partial charge is 0.181 e. The van der Waals surface area contributed by atoms with Gasteiger partial charge < -0.3 is 5.73 Å². The van der Waals surface area contributed by atoms with E-state index in [1.807, 2.05) is 19.9 Å². The van der Waals surface area contributed by atoms with Crippen molar-refractivity contribution in [2.45, 2.75) is 13.8 Å². The number of nitrogens with two attached hydrogens (primary N) is 1. The Hall–Kier alpha value is -0.610. The molecule has 0 amide bonds. The van der Waals surface area contributed by atoms with Crippen molar-refractivity contribution in [3.63, 3.8) is 0 Å². The van der Waals surface area contributed by atoms with Crippen LogP contribution < -0.4 is 15.6 Å². The Labute approximate surface area is 89.6 Å². The van der Waals surface area contributed by atoms with Crippen LogP contribution in [0, 0.1) is 0 Å². The standard InChI is InChI=1S/C9H11BrN2S/c1-4-5(2)7(10)8-6(3)12-9(11)13-8/h4H,3H2,1-2H3,(H2,11,12)/b5-4-,8-7-. The average Bonchev–Trinajstić information content (AvgIpc) is 2.42. The average molecular weight is 259 g/mol. The van der Waals surface area contributed by atoms with Crippen molar-refractivity contribution in [1.82, 2.24) is 4.98 Å². The Morgan fingerprint density at radius 1 is 1.69 bits per heavy atom. The van der Waals surface area contributed by atoms with Crippen LogP contribution in [-0.2, 0) is 0 Å². The molecule has 0 saturated heterocycles. The summed E-state index contributed by atoms with van der Waals surface area (Å²) in [6.45, 7) is 7.84. The molecular weight excluding hydrogens is 248 g/mol. The molecule has 0 aliphatic rings. The predicted molar refractivity (Wildman–Crippen MR) is 63.1 cm³/mol.